The van der Waals surface area contributed by atoms with E-state index >= 15 is 0 Å². The van der Waals surface area contributed by atoms with Gasteiger partial charge in [0.2, 0.25) is 0 Å². The molecule has 0 aliphatic carbocycles. The summed E-state index contributed by atoms with van der Waals surface area (Å²) in [4.78, 5) is 10.7. The van der Waals surface area contributed by atoms with Crippen molar-refractivity contribution in [2.45, 2.75) is 12.6 Å². The lowest BCUT2D eigenvalue weighted by Gasteiger charge is -2.13. The van der Waals surface area contributed by atoms with Gasteiger partial charge in [0.25, 0.3) is 0 Å². The van der Waals surface area contributed by atoms with Gasteiger partial charge in [0, 0.05) is 10.0 Å². The fraction of sp³-hybridized carbons (Fsp3) is 0.300. The molecule has 0 heterocycles. The van der Waals surface area contributed by atoms with E-state index in [2.05, 4.69) is 15.9 Å². The molecule has 0 fully saturated rings. The van der Waals surface area contributed by atoms with Crippen LogP contribution in [0, 0.1) is 0 Å². The van der Waals surface area contributed by atoms with Gasteiger partial charge in [-0.05, 0) is 12.1 Å². The molecule has 1 rings (SSSR count). The molecule has 1 aromatic carbocycles. The molecule has 0 unspecified atom stereocenters. The monoisotopic (exact) mass is 296 g/mol. The van der Waals surface area contributed by atoms with E-state index < -0.39 is 12.6 Å². The molecule has 2 nitrogen and oxygen atoms in total. The first-order valence-electron chi connectivity index (χ1n) is 4.25. The highest BCUT2D eigenvalue weighted by molar-refractivity contribution is 9.10. The summed E-state index contributed by atoms with van der Waals surface area (Å²) in [7, 11) is 1.23. The van der Waals surface area contributed by atoms with E-state index in [4.69, 9.17) is 4.74 Å². The molecule has 0 amide bonds. The van der Waals surface area contributed by atoms with Crippen LogP contribution in [0.4, 0.5) is 13.2 Å². The molecular formula is C10H8BrF3O2. The number of hydrogen-bond acceptors (Lipinski definition) is 2. The minimum atomic E-state index is -4.34. The van der Waals surface area contributed by atoms with Crippen molar-refractivity contribution in [1.82, 2.24) is 0 Å². The lowest BCUT2D eigenvalue weighted by atomic mass is 10.1. The van der Waals surface area contributed by atoms with Gasteiger partial charge < -0.3 is 4.74 Å². The van der Waals surface area contributed by atoms with Crippen molar-refractivity contribution < 1.29 is 22.7 Å². The first kappa shape index (κ1) is 13.0. The third kappa shape index (κ3) is 3.23. The van der Waals surface area contributed by atoms with Gasteiger partial charge in [0.15, 0.2) is 6.29 Å². The van der Waals surface area contributed by atoms with Gasteiger partial charge >= 0.3 is 6.18 Å². The lowest BCUT2D eigenvalue weighted by Crippen LogP contribution is -2.13. The van der Waals surface area contributed by atoms with Crippen molar-refractivity contribution in [2.75, 3.05) is 7.11 Å². The van der Waals surface area contributed by atoms with E-state index in [9.17, 15) is 18.0 Å². The summed E-state index contributed by atoms with van der Waals surface area (Å²) >= 11 is 3.04. The fourth-order valence-corrected chi connectivity index (χ4v) is 1.88. The average Bonchev–Trinajstić information content (AvgIpc) is 2.14. The lowest BCUT2D eigenvalue weighted by molar-refractivity contribution is -0.127. The molecule has 0 spiro atoms. The number of carbonyl (C=O) groups excluding carboxylic acids is 1. The topological polar surface area (TPSA) is 26.3 Å². The summed E-state index contributed by atoms with van der Waals surface area (Å²) in [5, 5.41) is 0. The van der Waals surface area contributed by atoms with Crippen molar-refractivity contribution in [3.8, 4) is 5.75 Å². The van der Waals surface area contributed by atoms with Crippen LogP contribution in [-0.2, 0) is 6.42 Å². The molecule has 0 radical (unpaired) electrons. The van der Waals surface area contributed by atoms with Crippen LogP contribution in [0.25, 0.3) is 0 Å². The molecule has 0 bridgehead atoms. The Morgan fingerprint density at radius 3 is 2.50 bits per heavy atom. The number of benzene rings is 1. The normalized spacial score (nSPS) is 11.3. The zero-order chi connectivity index (χ0) is 12.3. The highest BCUT2D eigenvalue weighted by atomic mass is 79.9. The van der Waals surface area contributed by atoms with E-state index in [0.29, 0.717) is 10.8 Å². The summed E-state index contributed by atoms with van der Waals surface area (Å²) in [6, 6.07) is 2.70. The molecular weight excluding hydrogens is 289 g/mol. The van der Waals surface area contributed by atoms with Gasteiger partial charge in [0.1, 0.15) is 5.75 Å². The maximum atomic E-state index is 12.3. The molecule has 1 aromatic rings. The zero-order valence-corrected chi connectivity index (χ0v) is 9.85. The van der Waals surface area contributed by atoms with E-state index in [1.165, 1.54) is 19.2 Å². The SMILES string of the molecule is COc1c(C=O)cc(Br)cc1CC(F)(F)F. The molecule has 0 aliphatic rings. The Morgan fingerprint density at radius 2 is 2.06 bits per heavy atom. The van der Waals surface area contributed by atoms with Gasteiger partial charge in [0.05, 0.1) is 19.1 Å². The fourth-order valence-electron chi connectivity index (χ4n) is 1.36. The third-order valence-electron chi connectivity index (χ3n) is 1.88. The smallest absolute Gasteiger partial charge is 0.393 e. The predicted molar refractivity (Wildman–Crippen MR) is 55.8 cm³/mol. The Balaban J connectivity index is 3.25. The summed E-state index contributed by atoms with van der Waals surface area (Å²) in [5.74, 6) is -0.0319. The Labute approximate surface area is 98.5 Å². The number of aldehydes is 1. The van der Waals surface area contributed by atoms with Crippen LogP contribution in [0.2, 0.25) is 0 Å². The van der Waals surface area contributed by atoms with Crippen molar-refractivity contribution >= 4 is 22.2 Å². The molecule has 6 heteroatoms. The van der Waals surface area contributed by atoms with Crippen molar-refractivity contribution in [1.29, 1.82) is 0 Å². The van der Waals surface area contributed by atoms with Gasteiger partial charge in [-0.2, -0.15) is 13.2 Å². The summed E-state index contributed by atoms with van der Waals surface area (Å²) in [5.41, 5.74) is 0.0302. The van der Waals surface area contributed by atoms with Gasteiger partial charge in [-0.25, -0.2) is 0 Å². The number of halogens is 4. The molecule has 0 aliphatic heterocycles. The molecule has 16 heavy (non-hydrogen) atoms. The van der Waals surface area contributed by atoms with Crippen LogP contribution in [0.1, 0.15) is 15.9 Å². The zero-order valence-electron chi connectivity index (χ0n) is 8.27. The Hall–Kier alpha value is -1.04. The van der Waals surface area contributed by atoms with Crippen molar-refractivity contribution in [2.24, 2.45) is 0 Å². The molecule has 0 saturated heterocycles. The average molecular weight is 297 g/mol. The van der Waals surface area contributed by atoms with Crippen LogP contribution in [-0.4, -0.2) is 19.6 Å². The van der Waals surface area contributed by atoms with Gasteiger partial charge in [-0.3, -0.25) is 4.79 Å². The maximum Gasteiger partial charge on any atom is 0.393 e. The highest BCUT2D eigenvalue weighted by Crippen LogP contribution is 2.32. The summed E-state index contributed by atoms with van der Waals surface area (Å²) in [6.07, 6.45) is -5.01. The molecule has 0 atom stereocenters. The van der Waals surface area contributed by atoms with E-state index in [-0.39, 0.29) is 16.9 Å². The van der Waals surface area contributed by atoms with E-state index in [0.717, 1.165) is 0 Å². The quantitative estimate of drug-likeness (QED) is 0.800. The molecule has 0 N–H and O–H groups in total. The number of rotatable bonds is 3. The molecule has 0 aromatic heterocycles. The predicted octanol–water partition coefficient (Wildman–Crippen LogP) is 3.38. The standard InChI is InChI=1S/C10H8BrF3O2/c1-16-9-6(4-10(12,13)14)2-8(11)3-7(9)5-15/h2-3,5H,4H2,1H3. The number of hydrogen-bond donors (Lipinski definition) is 0. The second-order valence-electron chi connectivity index (χ2n) is 3.10. The minimum absolute atomic E-state index is 0.0319. The number of methoxy groups -OCH3 is 1. The minimum Gasteiger partial charge on any atom is -0.496 e. The highest BCUT2D eigenvalue weighted by Gasteiger charge is 2.30. The van der Waals surface area contributed by atoms with Gasteiger partial charge in [-0.15, -0.1) is 0 Å². The van der Waals surface area contributed by atoms with Crippen LogP contribution in [0.15, 0.2) is 16.6 Å². The number of carbonyl (C=O) groups is 1. The third-order valence-corrected chi connectivity index (χ3v) is 2.34. The van der Waals surface area contributed by atoms with E-state index in [1.807, 2.05) is 0 Å². The first-order chi connectivity index (χ1) is 7.37. The van der Waals surface area contributed by atoms with Crippen molar-refractivity contribution in [3.05, 3.63) is 27.7 Å². The van der Waals surface area contributed by atoms with Crippen LogP contribution >= 0.6 is 15.9 Å². The second kappa shape index (κ2) is 4.86. The van der Waals surface area contributed by atoms with E-state index in [1.54, 1.807) is 0 Å². The Kier molecular flexibility index (Phi) is 3.96. The molecule has 88 valence electrons. The second-order valence-corrected chi connectivity index (χ2v) is 4.01. The summed E-state index contributed by atoms with van der Waals surface area (Å²) < 4.78 is 42.0. The number of alkyl halides is 3. The Morgan fingerprint density at radius 1 is 1.44 bits per heavy atom. The van der Waals surface area contributed by atoms with Crippen molar-refractivity contribution in [3.63, 3.8) is 0 Å². The van der Waals surface area contributed by atoms with Crippen LogP contribution < -0.4 is 4.74 Å². The first-order valence-corrected chi connectivity index (χ1v) is 5.05. The number of ether oxygens (including phenoxy) is 1. The maximum absolute atomic E-state index is 12.3. The van der Waals surface area contributed by atoms with Gasteiger partial charge in [-0.1, -0.05) is 15.9 Å². The summed E-state index contributed by atoms with van der Waals surface area (Å²) in [6.45, 7) is 0. The van der Waals surface area contributed by atoms with Crippen LogP contribution in [0.5, 0.6) is 5.75 Å². The largest absolute Gasteiger partial charge is 0.496 e. The molecule has 0 saturated carbocycles. The Bertz CT molecular complexity index is 402. The van der Waals surface area contributed by atoms with Crippen LogP contribution in [0.3, 0.4) is 0 Å².